The van der Waals surface area contributed by atoms with Gasteiger partial charge in [0.05, 0.1) is 5.54 Å². The van der Waals surface area contributed by atoms with Crippen molar-refractivity contribution < 1.29 is 9.59 Å². The average Bonchev–Trinajstić information content (AvgIpc) is 2.22. The van der Waals surface area contributed by atoms with Gasteiger partial charge in [-0.3, -0.25) is 9.59 Å². The fourth-order valence-corrected chi connectivity index (χ4v) is 1.66. The molecule has 1 fully saturated rings. The molecule has 0 aromatic carbocycles. The Morgan fingerprint density at radius 2 is 1.94 bits per heavy atom. The standard InChI is InChI=1S/C12H23N3O2/c1-9(2)8-15-10(16)4-7-14-11(17)12(13)5-3-6-12/h9H,3-8,13H2,1-2H3,(H,14,17)(H,15,16). The first-order valence-electron chi connectivity index (χ1n) is 6.28. The minimum Gasteiger partial charge on any atom is -0.356 e. The van der Waals surface area contributed by atoms with Crippen LogP contribution in [-0.2, 0) is 9.59 Å². The number of hydrogen-bond donors (Lipinski definition) is 3. The van der Waals surface area contributed by atoms with Gasteiger partial charge in [-0.05, 0) is 25.2 Å². The second kappa shape index (κ2) is 6.00. The van der Waals surface area contributed by atoms with Crippen molar-refractivity contribution in [2.45, 2.75) is 45.1 Å². The first-order valence-corrected chi connectivity index (χ1v) is 6.28. The maximum Gasteiger partial charge on any atom is 0.240 e. The van der Waals surface area contributed by atoms with Crippen LogP contribution in [0.25, 0.3) is 0 Å². The Labute approximate surface area is 103 Å². The highest BCUT2D eigenvalue weighted by atomic mass is 16.2. The maximum atomic E-state index is 11.6. The van der Waals surface area contributed by atoms with E-state index in [1.165, 1.54) is 0 Å². The van der Waals surface area contributed by atoms with Crippen molar-refractivity contribution in [1.82, 2.24) is 10.6 Å². The van der Waals surface area contributed by atoms with Crippen LogP contribution < -0.4 is 16.4 Å². The summed E-state index contributed by atoms with van der Waals surface area (Å²) in [6.45, 7) is 5.11. The van der Waals surface area contributed by atoms with Crippen LogP contribution in [-0.4, -0.2) is 30.4 Å². The van der Waals surface area contributed by atoms with Crippen molar-refractivity contribution in [3.8, 4) is 0 Å². The van der Waals surface area contributed by atoms with E-state index in [0.29, 0.717) is 25.4 Å². The molecule has 2 amide bonds. The minimum absolute atomic E-state index is 0.0290. The molecule has 5 heteroatoms. The Kier molecular flexibility index (Phi) is 4.93. The number of amides is 2. The third-order valence-electron chi connectivity index (χ3n) is 3.04. The molecule has 0 atom stereocenters. The van der Waals surface area contributed by atoms with Gasteiger partial charge in [-0.2, -0.15) is 0 Å². The van der Waals surface area contributed by atoms with Crippen LogP contribution in [0.15, 0.2) is 0 Å². The Balaban J connectivity index is 2.11. The zero-order chi connectivity index (χ0) is 12.9. The summed E-state index contributed by atoms with van der Waals surface area (Å²) in [6, 6.07) is 0. The molecule has 0 spiro atoms. The van der Waals surface area contributed by atoms with E-state index in [2.05, 4.69) is 10.6 Å². The molecule has 17 heavy (non-hydrogen) atoms. The quantitative estimate of drug-likeness (QED) is 0.618. The summed E-state index contributed by atoms with van der Waals surface area (Å²) in [6.07, 6.45) is 2.82. The lowest BCUT2D eigenvalue weighted by Crippen LogP contribution is -2.58. The van der Waals surface area contributed by atoms with Crippen LogP contribution in [0.1, 0.15) is 39.5 Å². The summed E-state index contributed by atoms with van der Waals surface area (Å²) >= 11 is 0. The van der Waals surface area contributed by atoms with Gasteiger partial charge in [-0.25, -0.2) is 0 Å². The third kappa shape index (κ3) is 4.34. The molecular weight excluding hydrogens is 218 g/mol. The first-order chi connectivity index (χ1) is 7.94. The Bertz CT molecular complexity index is 285. The molecule has 0 saturated heterocycles. The van der Waals surface area contributed by atoms with Crippen LogP contribution >= 0.6 is 0 Å². The SMILES string of the molecule is CC(C)CNC(=O)CCNC(=O)C1(N)CCC1. The first kappa shape index (κ1) is 14.0. The largest absolute Gasteiger partial charge is 0.356 e. The van der Waals surface area contributed by atoms with Crippen molar-refractivity contribution in [2.24, 2.45) is 11.7 Å². The van der Waals surface area contributed by atoms with E-state index in [0.717, 1.165) is 19.3 Å². The highest BCUT2D eigenvalue weighted by Gasteiger charge is 2.39. The van der Waals surface area contributed by atoms with E-state index in [4.69, 9.17) is 5.73 Å². The van der Waals surface area contributed by atoms with Gasteiger partial charge in [0.1, 0.15) is 0 Å². The maximum absolute atomic E-state index is 11.6. The van der Waals surface area contributed by atoms with Gasteiger partial charge in [-0.1, -0.05) is 13.8 Å². The topological polar surface area (TPSA) is 84.2 Å². The molecule has 98 valence electrons. The lowest BCUT2D eigenvalue weighted by molar-refractivity contribution is -0.129. The fourth-order valence-electron chi connectivity index (χ4n) is 1.66. The summed E-state index contributed by atoms with van der Waals surface area (Å²) in [5, 5.41) is 5.52. The van der Waals surface area contributed by atoms with Crippen molar-refractivity contribution >= 4 is 11.8 Å². The number of carbonyl (C=O) groups excluding carboxylic acids is 2. The van der Waals surface area contributed by atoms with Crippen molar-refractivity contribution in [2.75, 3.05) is 13.1 Å². The van der Waals surface area contributed by atoms with Crippen LogP contribution in [0.5, 0.6) is 0 Å². The number of nitrogens with two attached hydrogens (primary N) is 1. The summed E-state index contributed by atoms with van der Waals surface area (Å²) in [4.78, 5) is 23.0. The lowest BCUT2D eigenvalue weighted by Gasteiger charge is -2.36. The minimum atomic E-state index is -0.672. The van der Waals surface area contributed by atoms with E-state index in [1.807, 2.05) is 13.8 Å². The van der Waals surface area contributed by atoms with Crippen LogP contribution in [0.2, 0.25) is 0 Å². The Hall–Kier alpha value is -1.10. The molecule has 4 N–H and O–H groups in total. The second-order valence-corrected chi connectivity index (χ2v) is 5.21. The van der Waals surface area contributed by atoms with Gasteiger partial charge in [-0.15, -0.1) is 0 Å². The molecule has 1 aliphatic carbocycles. The molecule has 1 rings (SSSR count). The van der Waals surface area contributed by atoms with Gasteiger partial charge >= 0.3 is 0 Å². The summed E-state index contributed by atoms with van der Waals surface area (Å²) in [5.74, 6) is 0.287. The van der Waals surface area contributed by atoms with Crippen molar-refractivity contribution in [1.29, 1.82) is 0 Å². The number of hydrogen-bond acceptors (Lipinski definition) is 3. The molecule has 0 heterocycles. The highest BCUT2D eigenvalue weighted by Crippen LogP contribution is 2.28. The highest BCUT2D eigenvalue weighted by molar-refractivity contribution is 5.87. The predicted octanol–water partition coefficient (Wildman–Crippen LogP) is 0.146. The Morgan fingerprint density at radius 3 is 2.41 bits per heavy atom. The predicted molar refractivity (Wildman–Crippen MR) is 66.2 cm³/mol. The van der Waals surface area contributed by atoms with Crippen LogP contribution in [0, 0.1) is 5.92 Å². The van der Waals surface area contributed by atoms with E-state index >= 15 is 0 Å². The molecule has 1 aliphatic rings. The van der Waals surface area contributed by atoms with Gasteiger partial charge < -0.3 is 16.4 Å². The van der Waals surface area contributed by atoms with Crippen molar-refractivity contribution in [3.63, 3.8) is 0 Å². The van der Waals surface area contributed by atoms with Gasteiger partial charge in [0.15, 0.2) is 0 Å². The molecule has 1 saturated carbocycles. The third-order valence-corrected chi connectivity index (χ3v) is 3.04. The van der Waals surface area contributed by atoms with Crippen LogP contribution in [0.4, 0.5) is 0 Å². The fraction of sp³-hybridized carbons (Fsp3) is 0.833. The lowest BCUT2D eigenvalue weighted by atomic mass is 9.77. The number of carbonyl (C=O) groups is 2. The zero-order valence-corrected chi connectivity index (χ0v) is 10.7. The van der Waals surface area contributed by atoms with E-state index in [-0.39, 0.29) is 11.8 Å². The molecule has 0 bridgehead atoms. The zero-order valence-electron chi connectivity index (χ0n) is 10.7. The normalized spacial score (nSPS) is 17.4. The van der Waals surface area contributed by atoms with Gasteiger partial charge in [0.2, 0.25) is 11.8 Å². The summed E-state index contributed by atoms with van der Waals surface area (Å²) in [7, 11) is 0. The van der Waals surface area contributed by atoms with Crippen LogP contribution in [0.3, 0.4) is 0 Å². The van der Waals surface area contributed by atoms with E-state index in [9.17, 15) is 9.59 Å². The van der Waals surface area contributed by atoms with Gasteiger partial charge in [0, 0.05) is 19.5 Å². The van der Waals surface area contributed by atoms with Gasteiger partial charge in [0.25, 0.3) is 0 Å². The van der Waals surface area contributed by atoms with Crippen molar-refractivity contribution in [3.05, 3.63) is 0 Å². The second-order valence-electron chi connectivity index (χ2n) is 5.21. The average molecular weight is 241 g/mol. The number of rotatable bonds is 6. The summed E-state index contributed by atoms with van der Waals surface area (Å²) in [5.41, 5.74) is 5.18. The molecule has 0 unspecified atom stereocenters. The molecular formula is C12H23N3O2. The smallest absolute Gasteiger partial charge is 0.240 e. The molecule has 0 radical (unpaired) electrons. The molecule has 5 nitrogen and oxygen atoms in total. The summed E-state index contributed by atoms with van der Waals surface area (Å²) < 4.78 is 0. The molecule has 0 aliphatic heterocycles. The Morgan fingerprint density at radius 1 is 1.29 bits per heavy atom. The molecule has 0 aromatic heterocycles. The monoisotopic (exact) mass is 241 g/mol. The van der Waals surface area contributed by atoms with E-state index < -0.39 is 5.54 Å². The molecule has 0 aromatic rings. The van der Waals surface area contributed by atoms with E-state index in [1.54, 1.807) is 0 Å². The number of nitrogens with one attached hydrogen (secondary N) is 2.